The molecule has 0 unspecified atom stereocenters. The Morgan fingerprint density at radius 2 is 1.50 bits per heavy atom. The van der Waals surface area contributed by atoms with Gasteiger partial charge >= 0.3 is 31.6 Å². The molecule has 4 heavy (non-hydrogen) atoms. The summed E-state index contributed by atoms with van der Waals surface area (Å²) in [6, 6.07) is 0. The van der Waals surface area contributed by atoms with Crippen molar-refractivity contribution in [1.29, 1.82) is 0 Å². The van der Waals surface area contributed by atoms with Gasteiger partial charge in [0.25, 0.3) is 0 Å². The van der Waals surface area contributed by atoms with Crippen LogP contribution in [0.4, 0.5) is 5.72 Å². The third-order valence-electron chi connectivity index (χ3n) is 0. The molecule has 0 aromatic rings. The fourth-order valence-electron chi connectivity index (χ4n) is 0. The molecule has 0 aliphatic carbocycles. The van der Waals surface area contributed by atoms with Crippen LogP contribution in [0.15, 0.2) is 0 Å². The monoisotopic (exact) mass is 180 g/mol. The first-order chi connectivity index (χ1) is 1.73. The number of halogens is 3. The fraction of sp³-hybridized carbons (Fsp3) is 1.00. The Balaban J connectivity index is 2.32. The summed E-state index contributed by atoms with van der Waals surface area (Å²) in [4.78, 5) is 0.990. The van der Waals surface area contributed by atoms with E-state index in [2.05, 4.69) is 0 Å². The predicted octanol–water partition coefficient (Wildman–Crippen LogP) is 1.89. The van der Waals surface area contributed by atoms with E-state index in [-0.39, 0.29) is 0 Å². The molecule has 0 amide bonds. The quantitative estimate of drug-likeness (QED) is 0.394. The molecule has 0 saturated carbocycles. The maximum atomic E-state index is 10.5. The van der Waals surface area contributed by atoms with Gasteiger partial charge in [0.2, 0.25) is 0 Å². The first-order valence-corrected chi connectivity index (χ1v) is 4.45. The summed E-state index contributed by atoms with van der Waals surface area (Å²) in [7, 11) is 0. The molecule has 0 atom stereocenters. The van der Waals surface area contributed by atoms with Crippen LogP contribution in [0.3, 0.4) is 0 Å². The van der Waals surface area contributed by atoms with Crippen molar-refractivity contribution in [3.63, 3.8) is 0 Å². The van der Waals surface area contributed by atoms with E-state index in [4.69, 9.17) is 0 Å². The number of hydrogen-bond acceptors (Lipinski definition) is 0. The van der Waals surface area contributed by atoms with E-state index in [1.54, 1.807) is 0 Å². The second kappa shape index (κ2) is 1.87. The van der Waals surface area contributed by atoms with Crippen molar-refractivity contribution in [3.05, 3.63) is 0 Å². The molecule has 0 bridgehead atoms. The number of rotatable bonds is 0. The van der Waals surface area contributed by atoms with Crippen LogP contribution in [0.1, 0.15) is 0 Å². The van der Waals surface area contributed by atoms with Crippen molar-refractivity contribution < 1.29 is 5.72 Å². The van der Waals surface area contributed by atoms with Crippen molar-refractivity contribution >= 4 is 21.0 Å². The standard InChI is InChI=1S/CH3F2I/c1-4(2)3/h1H3. The molecule has 0 aromatic heterocycles. The molecule has 0 aliphatic heterocycles. The minimum atomic E-state index is -3.26. The Labute approximate surface area is 32.1 Å². The SMILES string of the molecule is CI(F)F. The molecule has 28 valence electrons. The number of alkyl halides is 1. The maximum absolute atomic E-state index is 10.5. The van der Waals surface area contributed by atoms with Gasteiger partial charge in [-0.3, -0.25) is 0 Å². The molecular weight excluding hydrogens is 177 g/mol. The third kappa shape index (κ3) is 18.8. The van der Waals surface area contributed by atoms with E-state index >= 15 is 0 Å². The zero-order chi connectivity index (χ0) is 3.58. The second-order valence-corrected chi connectivity index (χ2v) is 2.28. The first-order valence-electron chi connectivity index (χ1n) is 0.664. The van der Waals surface area contributed by atoms with Gasteiger partial charge in [0.15, 0.2) is 0 Å². The van der Waals surface area contributed by atoms with Crippen molar-refractivity contribution in [2.24, 2.45) is 0 Å². The van der Waals surface area contributed by atoms with Gasteiger partial charge in [0, 0.05) is 0 Å². The Hall–Kier alpha value is 0.590. The van der Waals surface area contributed by atoms with Gasteiger partial charge in [-0.1, -0.05) is 0 Å². The Bertz CT molecular complexity index is 10.8. The van der Waals surface area contributed by atoms with E-state index in [0.717, 1.165) is 4.93 Å². The molecule has 0 aliphatic rings. The molecular formula is CH3F2I. The summed E-state index contributed by atoms with van der Waals surface area (Å²) < 4.78 is 21.0. The molecule has 0 heterocycles. The Morgan fingerprint density at radius 3 is 1.50 bits per heavy atom. The van der Waals surface area contributed by atoms with Crippen LogP contribution in [0.5, 0.6) is 0 Å². The van der Waals surface area contributed by atoms with Crippen LogP contribution in [-0.4, -0.2) is 4.93 Å². The molecule has 0 N–H and O–H groups in total. The average Bonchev–Trinajstić information content (AvgIpc) is 0.811. The molecule has 0 spiro atoms. The van der Waals surface area contributed by atoms with E-state index in [9.17, 15) is 5.72 Å². The van der Waals surface area contributed by atoms with Crippen molar-refractivity contribution in [2.75, 3.05) is 4.93 Å². The summed E-state index contributed by atoms with van der Waals surface area (Å²) in [6.07, 6.45) is 0. The van der Waals surface area contributed by atoms with E-state index < -0.39 is 21.0 Å². The molecule has 0 nitrogen and oxygen atoms in total. The second-order valence-electron chi connectivity index (χ2n) is 0.340. The molecule has 3 heteroatoms. The minimum absolute atomic E-state index is 0.990. The summed E-state index contributed by atoms with van der Waals surface area (Å²) in [5.74, 6) is 0. The van der Waals surface area contributed by atoms with Gasteiger partial charge in [-0.2, -0.15) is 0 Å². The van der Waals surface area contributed by atoms with Crippen LogP contribution in [0, 0.1) is 0 Å². The molecule has 0 rings (SSSR count). The summed E-state index contributed by atoms with van der Waals surface area (Å²) >= 11 is -3.26. The van der Waals surface area contributed by atoms with E-state index in [0.29, 0.717) is 0 Å². The third-order valence-corrected chi connectivity index (χ3v) is 0. The van der Waals surface area contributed by atoms with Crippen LogP contribution in [-0.2, 0) is 0 Å². The van der Waals surface area contributed by atoms with E-state index in [1.165, 1.54) is 0 Å². The molecule has 0 aromatic carbocycles. The normalized spacial score (nSPS) is 11.2. The van der Waals surface area contributed by atoms with Crippen LogP contribution in [0.25, 0.3) is 0 Å². The average molecular weight is 180 g/mol. The topological polar surface area (TPSA) is 0 Å². The van der Waals surface area contributed by atoms with Crippen LogP contribution >= 0.6 is 21.0 Å². The predicted molar refractivity (Wildman–Crippen MR) is 22.2 cm³/mol. The Kier molecular flexibility index (Phi) is 2.14. The van der Waals surface area contributed by atoms with Gasteiger partial charge in [0.05, 0.1) is 0 Å². The van der Waals surface area contributed by atoms with Gasteiger partial charge in [-0.15, -0.1) is 0 Å². The van der Waals surface area contributed by atoms with Crippen LogP contribution in [0.2, 0.25) is 0 Å². The first kappa shape index (κ1) is 4.59. The van der Waals surface area contributed by atoms with Crippen LogP contribution < -0.4 is 0 Å². The van der Waals surface area contributed by atoms with Crippen molar-refractivity contribution in [2.45, 2.75) is 0 Å². The summed E-state index contributed by atoms with van der Waals surface area (Å²) in [6.45, 7) is 0. The molecule has 0 saturated heterocycles. The van der Waals surface area contributed by atoms with E-state index in [1.807, 2.05) is 0 Å². The summed E-state index contributed by atoms with van der Waals surface area (Å²) in [5, 5.41) is 0. The van der Waals surface area contributed by atoms with Gasteiger partial charge in [0.1, 0.15) is 0 Å². The molecule has 0 fully saturated rings. The van der Waals surface area contributed by atoms with Crippen molar-refractivity contribution in [1.82, 2.24) is 0 Å². The van der Waals surface area contributed by atoms with Gasteiger partial charge < -0.3 is 0 Å². The number of hydrogen-bond donors (Lipinski definition) is 0. The molecule has 0 radical (unpaired) electrons. The zero-order valence-corrected chi connectivity index (χ0v) is 4.29. The summed E-state index contributed by atoms with van der Waals surface area (Å²) in [5.41, 5.74) is 0. The van der Waals surface area contributed by atoms with Gasteiger partial charge in [-0.05, 0) is 0 Å². The zero-order valence-electron chi connectivity index (χ0n) is 2.13. The van der Waals surface area contributed by atoms with Gasteiger partial charge in [-0.25, -0.2) is 0 Å². The van der Waals surface area contributed by atoms with Crippen molar-refractivity contribution in [3.8, 4) is 0 Å². The fourth-order valence-corrected chi connectivity index (χ4v) is 0. The Morgan fingerprint density at radius 1 is 1.50 bits per heavy atom.